The van der Waals surface area contributed by atoms with E-state index in [1.807, 2.05) is 0 Å². The highest BCUT2D eigenvalue weighted by molar-refractivity contribution is 7.88. The molecule has 2 aromatic rings. The third-order valence-corrected chi connectivity index (χ3v) is 5.46. The standard InChI is InChI=1S/C16H9ClF6O6S2/c17-12-8-6-11(7-9-12)14(29-31(26,27)16(21,22)23)13(10-4-2-1-3-5-10)28-30(24,25)15(18,19)20/h1-9H/b14-13-. The summed E-state index contributed by atoms with van der Waals surface area (Å²) >= 11 is 5.65. The third kappa shape index (κ3) is 5.83. The van der Waals surface area contributed by atoms with Gasteiger partial charge in [0.2, 0.25) is 0 Å². The Bertz CT molecular complexity index is 1170. The average molecular weight is 511 g/mol. The second-order valence-corrected chi connectivity index (χ2v) is 9.01. The van der Waals surface area contributed by atoms with E-state index in [4.69, 9.17) is 11.6 Å². The summed E-state index contributed by atoms with van der Waals surface area (Å²) in [5, 5.41) is 0.0203. The van der Waals surface area contributed by atoms with Gasteiger partial charge >= 0.3 is 31.3 Å². The van der Waals surface area contributed by atoms with Gasteiger partial charge in [-0.25, -0.2) is 0 Å². The van der Waals surface area contributed by atoms with Crippen LogP contribution in [0.4, 0.5) is 26.3 Å². The average Bonchev–Trinajstić information content (AvgIpc) is 2.64. The van der Waals surface area contributed by atoms with E-state index in [1.165, 1.54) is 18.2 Å². The lowest BCUT2D eigenvalue weighted by atomic mass is 10.1. The molecule has 0 spiro atoms. The van der Waals surface area contributed by atoms with E-state index in [9.17, 15) is 43.2 Å². The Morgan fingerprint density at radius 3 is 1.35 bits per heavy atom. The van der Waals surface area contributed by atoms with E-state index in [0.717, 1.165) is 36.4 Å². The van der Waals surface area contributed by atoms with Gasteiger partial charge in [0.1, 0.15) is 0 Å². The maximum absolute atomic E-state index is 12.9. The van der Waals surface area contributed by atoms with E-state index in [0.29, 0.717) is 0 Å². The fourth-order valence-electron chi connectivity index (χ4n) is 1.94. The highest BCUT2D eigenvalue weighted by Gasteiger charge is 2.51. The van der Waals surface area contributed by atoms with Crippen LogP contribution in [0, 0.1) is 0 Å². The Morgan fingerprint density at radius 2 is 1.00 bits per heavy atom. The summed E-state index contributed by atoms with van der Waals surface area (Å²) in [6, 6.07) is 9.47. The zero-order valence-corrected chi connectivity index (χ0v) is 17.0. The molecular formula is C16H9ClF6O6S2. The van der Waals surface area contributed by atoms with Crippen LogP contribution in [0.5, 0.6) is 0 Å². The fraction of sp³-hybridized carbons (Fsp3) is 0.125. The van der Waals surface area contributed by atoms with Crippen LogP contribution in [-0.4, -0.2) is 27.9 Å². The molecule has 6 nitrogen and oxygen atoms in total. The molecule has 0 atom stereocenters. The first kappa shape index (κ1) is 24.8. The number of hydrogen-bond acceptors (Lipinski definition) is 6. The Morgan fingerprint density at radius 1 is 0.645 bits per heavy atom. The largest absolute Gasteiger partial charge is 0.534 e. The minimum atomic E-state index is -6.45. The van der Waals surface area contributed by atoms with E-state index >= 15 is 0 Å². The Balaban J connectivity index is 2.88. The van der Waals surface area contributed by atoms with Crippen LogP contribution in [0.3, 0.4) is 0 Å². The zero-order chi connectivity index (χ0) is 23.7. The molecule has 170 valence electrons. The molecule has 2 aromatic carbocycles. The molecule has 2 rings (SSSR count). The molecule has 31 heavy (non-hydrogen) atoms. The second-order valence-electron chi connectivity index (χ2n) is 5.50. The van der Waals surface area contributed by atoms with Gasteiger partial charge in [0.05, 0.1) is 0 Å². The number of hydrogen-bond donors (Lipinski definition) is 0. The van der Waals surface area contributed by atoms with E-state index in [2.05, 4.69) is 8.37 Å². The van der Waals surface area contributed by atoms with Crippen molar-refractivity contribution < 1.29 is 51.5 Å². The molecule has 0 heterocycles. The van der Waals surface area contributed by atoms with Crippen LogP contribution in [0.25, 0.3) is 11.5 Å². The van der Waals surface area contributed by atoms with Gasteiger partial charge in [0.25, 0.3) is 0 Å². The lowest BCUT2D eigenvalue weighted by Crippen LogP contribution is -2.27. The van der Waals surface area contributed by atoms with Crippen LogP contribution in [-0.2, 0) is 28.6 Å². The first-order valence-electron chi connectivity index (χ1n) is 7.62. The van der Waals surface area contributed by atoms with Gasteiger partial charge < -0.3 is 8.37 Å². The lowest BCUT2D eigenvalue weighted by molar-refractivity contribution is -0.0520. The first-order chi connectivity index (χ1) is 14.1. The van der Waals surface area contributed by atoms with Gasteiger partial charge in [-0.1, -0.05) is 41.9 Å². The van der Waals surface area contributed by atoms with Crippen LogP contribution in [0.15, 0.2) is 54.6 Å². The first-order valence-corrected chi connectivity index (χ1v) is 10.8. The Labute approximate surface area is 176 Å². The molecule has 0 N–H and O–H groups in total. The number of rotatable bonds is 6. The van der Waals surface area contributed by atoms with Crippen molar-refractivity contribution in [2.24, 2.45) is 0 Å². The van der Waals surface area contributed by atoms with Crippen molar-refractivity contribution in [2.45, 2.75) is 11.0 Å². The van der Waals surface area contributed by atoms with Crippen LogP contribution >= 0.6 is 11.6 Å². The molecule has 0 saturated heterocycles. The highest BCUT2D eigenvalue weighted by Crippen LogP contribution is 2.38. The van der Waals surface area contributed by atoms with Crippen molar-refractivity contribution in [2.75, 3.05) is 0 Å². The smallest absolute Gasteiger partial charge is 0.371 e. The molecule has 0 bridgehead atoms. The van der Waals surface area contributed by atoms with Gasteiger partial charge in [-0.2, -0.15) is 43.2 Å². The summed E-state index contributed by atoms with van der Waals surface area (Å²) in [4.78, 5) is 0. The molecule has 15 heteroatoms. The van der Waals surface area contributed by atoms with Crippen LogP contribution in [0.1, 0.15) is 11.1 Å². The minimum absolute atomic E-state index is 0.0203. The van der Waals surface area contributed by atoms with Gasteiger partial charge in [0.15, 0.2) is 11.5 Å². The summed E-state index contributed by atoms with van der Waals surface area (Å²) in [7, 11) is -12.9. The number of alkyl halides is 6. The van der Waals surface area contributed by atoms with Crippen molar-refractivity contribution in [1.82, 2.24) is 0 Å². The van der Waals surface area contributed by atoms with Crippen molar-refractivity contribution >= 4 is 43.4 Å². The summed E-state index contributed by atoms with van der Waals surface area (Å²) in [5.74, 6) is -2.92. The quantitative estimate of drug-likeness (QED) is 0.181. The van der Waals surface area contributed by atoms with Gasteiger partial charge in [0, 0.05) is 16.1 Å². The molecular weight excluding hydrogens is 502 g/mol. The maximum atomic E-state index is 12.9. The summed E-state index contributed by atoms with van der Waals surface area (Å²) < 4.78 is 132. The highest BCUT2D eigenvalue weighted by atomic mass is 35.5. The molecule has 0 unspecified atom stereocenters. The molecule has 0 aliphatic heterocycles. The molecule has 0 aromatic heterocycles. The second kappa shape index (κ2) is 8.59. The topological polar surface area (TPSA) is 86.7 Å². The Kier molecular flexibility index (Phi) is 6.88. The molecule has 0 saturated carbocycles. The Hall–Kier alpha value is -2.45. The molecule has 0 fully saturated rings. The fourth-order valence-corrected chi connectivity index (χ4v) is 3.04. The predicted octanol–water partition coefficient (Wildman–Crippen LogP) is 4.90. The maximum Gasteiger partial charge on any atom is 0.534 e. The zero-order valence-electron chi connectivity index (χ0n) is 14.6. The lowest BCUT2D eigenvalue weighted by Gasteiger charge is -2.18. The number of halogens is 7. The minimum Gasteiger partial charge on any atom is -0.371 e. The predicted molar refractivity (Wildman–Crippen MR) is 96.8 cm³/mol. The molecule has 0 aliphatic rings. The van der Waals surface area contributed by atoms with E-state index < -0.39 is 53.9 Å². The van der Waals surface area contributed by atoms with Crippen LogP contribution < -0.4 is 0 Å². The van der Waals surface area contributed by atoms with E-state index in [1.54, 1.807) is 0 Å². The van der Waals surface area contributed by atoms with Gasteiger partial charge in [-0.3, -0.25) is 0 Å². The third-order valence-electron chi connectivity index (χ3n) is 3.30. The monoisotopic (exact) mass is 510 g/mol. The van der Waals surface area contributed by atoms with Crippen molar-refractivity contribution in [3.8, 4) is 0 Å². The molecule has 0 aliphatic carbocycles. The summed E-state index contributed by atoms with van der Waals surface area (Å²) in [5.41, 5.74) is -13.1. The normalized spacial score (nSPS) is 14.0. The van der Waals surface area contributed by atoms with Crippen molar-refractivity contribution in [3.63, 3.8) is 0 Å². The van der Waals surface area contributed by atoms with Crippen molar-refractivity contribution in [1.29, 1.82) is 0 Å². The van der Waals surface area contributed by atoms with Crippen molar-refractivity contribution in [3.05, 3.63) is 70.7 Å². The number of benzene rings is 2. The molecule has 0 amide bonds. The molecule has 0 radical (unpaired) electrons. The van der Waals surface area contributed by atoms with Gasteiger partial charge in [-0.05, 0) is 24.3 Å². The SMILES string of the molecule is O=S(=O)(O/C(=C(\OS(=O)(=O)C(F)(F)F)c1ccc(Cl)cc1)c1ccccc1)C(F)(F)F. The van der Waals surface area contributed by atoms with Crippen LogP contribution in [0.2, 0.25) is 5.02 Å². The summed E-state index contributed by atoms with van der Waals surface area (Å²) in [6.07, 6.45) is 0. The van der Waals surface area contributed by atoms with Gasteiger partial charge in [-0.15, -0.1) is 0 Å². The van der Waals surface area contributed by atoms with E-state index in [-0.39, 0.29) is 5.02 Å². The summed E-state index contributed by atoms with van der Waals surface area (Å²) in [6.45, 7) is 0.